The Balaban J connectivity index is 2.69. The molecular formula is C11H16N2O2. The summed E-state index contributed by atoms with van der Waals surface area (Å²) in [6, 6.07) is 1.50. The van der Waals surface area contributed by atoms with Crippen molar-refractivity contribution in [1.29, 1.82) is 0 Å². The van der Waals surface area contributed by atoms with E-state index in [2.05, 4.69) is 10.3 Å². The quantitative estimate of drug-likeness (QED) is 0.792. The van der Waals surface area contributed by atoms with Crippen LogP contribution in [0.5, 0.6) is 5.75 Å². The first-order valence-corrected chi connectivity index (χ1v) is 4.95. The largest absolute Gasteiger partial charge is 0.506 e. The van der Waals surface area contributed by atoms with Gasteiger partial charge in [0.1, 0.15) is 5.75 Å². The number of hydrogen-bond acceptors (Lipinski definition) is 3. The molecule has 1 amide bonds. The van der Waals surface area contributed by atoms with Gasteiger partial charge in [0.05, 0.1) is 11.8 Å². The molecule has 0 saturated carbocycles. The first-order chi connectivity index (χ1) is 7.00. The van der Waals surface area contributed by atoms with Crippen LogP contribution in [0.2, 0.25) is 0 Å². The third-order valence-electron chi connectivity index (χ3n) is 2.34. The summed E-state index contributed by atoms with van der Waals surface area (Å²) < 4.78 is 0. The number of hydrogen-bond donors (Lipinski definition) is 2. The van der Waals surface area contributed by atoms with Gasteiger partial charge in [-0.1, -0.05) is 13.8 Å². The van der Waals surface area contributed by atoms with Gasteiger partial charge in [-0.15, -0.1) is 0 Å². The first-order valence-electron chi connectivity index (χ1n) is 4.95. The van der Waals surface area contributed by atoms with Gasteiger partial charge >= 0.3 is 0 Å². The summed E-state index contributed by atoms with van der Waals surface area (Å²) in [6.07, 6.45) is 2.73. The van der Waals surface area contributed by atoms with Gasteiger partial charge in [0.15, 0.2) is 0 Å². The fourth-order valence-corrected chi connectivity index (χ4v) is 1.01. The predicted octanol–water partition coefficient (Wildman–Crippen LogP) is 1.56. The molecule has 1 aromatic rings. The van der Waals surface area contributed by atoms with Crippen LogP contribution in [-0.2, 0) is 0 Å². The fourth-order valence-electron chi connectivity index (χ4n) is 1.01. The van der Waals surface area contributed by atoms with Crippen molar-refractivity contribution < 1.29 is 9.90 Å². The summed E-state index contributed by atoms with van der Waals surface area (Å²) in [5.74, 6) is 0.165. The van der Waals surface area contributed by atoms with E-state index in [1.165, 1.54) is 18.5 Å². The number of nitrogens with zero attached hydrogens (tertiary/aromatic N) is 1. The molecule has 2 N–H and O–H groups in total. The molecule has 0 aliphatic rings. The van der Waals surface area contributed by atoms with Crippen LogP contribution in [0.4, 0.5) is 0 Å². The normalized spacial score (nSPS) is 12.5. The van der Waals surface area contributed by atoms with E-state index < -0.39 is 0 Å². The lowest BCUT2D eigenvalue weighted by Crippen LogP contribution is -2.36. The Hall–Kier alpha value is -1.58. The molecule has 0 bridgehead atoms. The highest BCUT2D eigenvalue weighted by molar-refractivity contribution is 5.94. The monoisotopic (exact) mass is 208 g/mol. The number of pyridine rings is 1. The molecule has 1 atom stereocenters. The number of rotatable bonds is 3. The second-order valence-electron chi connectivity index (χ2n) is 3.94. The second kappa shape index (κ2) is 4.77. The van der Waals surface area contributed by atoms with Crippen molar-refractivity contribution in [3.05, 3.63) is 24.0 Å². The van der Waals surface area contributed by atoms with E-state index in [0.29, 0.717) is 11.5 Å². The third-order valence-corrected chi connectivity index (χ3v) is 2.34. The maximum absolute atomic E-state index is 11.6. The Morgan fingerprint density at radius 3 is 2.60 bits per heavy atom. The SMILES string of the molecule is CC(C)C(C)NC(=O)c1cncc(O)c1. The van der Waals surface area contributed by atoms with Gasteiger partial charge in [0, 0.05) is 12.2 Å². The van der Waals surface area contributed by atoms with Gasteiger partial charge in [0.25, 0.3) is 5.91 Å². The van der Waals surface area contributed by atoms with Gasteiger partial charge in [0.2, 0.25) is 0 Å². The van der Waals surface area contributed by atoms with Crippen LogP contribution in [-0.4, -0.2) is 22.0 Å². The molecule has 0 fully saturated rings. The predicted molar refractivity (Wildman–Crippen MR) is 57.7 cm³/mol. The van der Waals surface area contributed by atoms with Gasteiger partial charge in [-0.3, -0.25) is 9.78 Å². The summed E-state index contributed by atoms with van der Waals surface area (Å²) in [5, 5.41) is 12.0. The van der Waals surface area contributed by atoms with E-state index in [1.807, 2.05) is 20.8 Å². The summed E-state index contributed by atoms with van der Waals surface area (Å²) in [5.41, 5.74) is 0.377. The number of aromatic hydroxyl groups is 1. The van der Waals surface area contributed by atoms with Crippen LogP contribution >= 0.6 is 0 Å². The number of amides is 1. The van der Waals surface area contributed by atoms with Crippen molar-refractivity contribution >= 4 is 5.91 Å². The van der Waals surface area contributed by atoms with Crippen LogP contribution in [0.3, 0.4) is 0 Å². The van der Waals surface area contributed by atoms with Gasteiger partial charge in [-0.05, 0) is 18.9 Å². The molecule has 1 rings (SSSR count). The number of nitrogens with one attached hydrogen (secondary N) is 1. The Morgan fingerprint density at radius 2 is 2.07 bits per heavy atom. The minimum atomic E-state index is -0.209. The first kappa shape index (κ1) is 11.5. The van der Waals surface area contributed by atoms with Crippen molar-refractivity contribution in [3.63, 3.8) is 0 Å². The number of aromatic nitrogens is 1. The lowest BCUT2D eigenvalue weighted by molar-refractivity contribution is 0.0929. The lowest BCUT2D eigenvalue weighted by atomic mass is 10.1. The molecule has 0 aliphatic carbocycles. The molecule has 4 heteroatoms. The number of carbonyl (C=O) groups is 1. The van der Waals surface area contributed by atoms with Crippen molar-refractivity contribution in [2.75, 3.05) is 0 Å². The van der Waals surface area contributed by atoms with Gasteiger partial charge in [-0.25, -0.2) is 0 Å². The van der Waals surface area contributed by atoms with E-state index in [-0.39, 0.29) is 17.7 Å². The summed E-state index contributed by atoms with van der Waals surface area (Å²) in [6.45, 7) is 6.01. The Morgan fingerprint density at radius 1 is 1.40 bits per heavy atom. The van der Waals surface area contributed by atoms with Crippen LogP contribution in [0, 0.1) is 5.92 Å². The molecule has 0 aromatic carbocycles. The zero-order chi connectivity index (χ0) is 11.4. The topological polar surface area (TPSA) is 62.2 Å². The molecule has 4 nitrogen and oxygen atoms in total. The highest BCUT2D eigenvalue weighted by Gasteiger charge is 2.12. The van der Waals surface area contributed by atoms with E-state index in [1.54, 1.807) is 0 Å². The molecule has 82 valence electrons. The van der Waals surface area contributed by atoms with E-state index in [0.717, 1.165) is 0 Å². The smallest absolute Gasteiger partial charge is 0.253 e. The molecule has 0 saturated heterocycles. The van der Waals surface area contributed by atoms with Crippen LogP contribution in [0.25, 0.3) is 0 Å². The average molecular weight is 208 g/mol. The van der Waals surface area contributed by atoms with Crippen LogP contribution in [0.15, 0.2) is 18.5 Å². The Bertz CT molecular complexity index is 350. The zero-order valence-electron chi connectivity index (χ0n) is 9.19. The van der Waals surface area contributed by atoms with E-state index >= 15 is 0 Å². The minimum Gasteiger partial charge on any atom is -0.506 e. The molecule has 0 radical (unpaired) electrons. The molecule has 1 unspecified atom stereocenters. The van der Waals surface area contributed by atoms with Crippen molar-refractivity contribution in [2.24, 2.45) is 5.92 Å². The van der Waals surface area contributed by atoms with Gasteiger partial charge in [-0.2, -0.15) is 0 Å². The Kier molecular flexibility index (Phi) is 3.66. The summed E-state index contributed by atoms with van der Waals surface area (Å²) in [4.78, 5) is 15.4. The molecular weight excluding hydrogens is 192 g/mol. The second-order valence-corrected chi connectivity index (χ2v) is 3.94. The van der Waals surface area contributed by atoms with Crippen molar-refractivity contribution in [1.82, 2.24) is 10.3 Å². The fraction of sp³-hybridized carbons (Fsp3) is 0.455. The molecule has 1 aromatic heterocycles. The minimum absolute atomic E-state index is 0.000139. The highest BCUT2D eigenvalue weighted by Crippen LogP contribution is 2.09. The van der Waals surface area contributed by atoms with Crippen molar-refractivity contribution in [2.45, 2.75) is 26.8 Å². The van der Waals surface area contributed by atoms with Crippen LogP contribution in [0.1, 0.15) is 31.1 Å². The van der Waals surface area contributed by atoms with Gasteiger partial charge < -0.3 is 10.4 Å². The molecule has 0 spiro atoms. The third kappa shape index (κ3) is 3.23. The van der Waals surface area contributed by atoms with E-state index in [9.17, 15) is 4.79 Å². The van der Waals surface area contributed by atoms with Crippen molar-refractivity contribution in [3.8, 4) is 5.75 Å². The number of carbonyl (C=O) groups excluding carboxylic acids is 1. The molecule has 1 heterocycles. The van der Waals surface area contributed by atoms with E-state index in [4.69, 9.17) is 5.11 Å². The molecule has 15 heavy (non-hydrogen) atoms. The maximum Gasteiger partial charge on any atom is 0.253 e. The average Bonchev–Trinajstić information content (AvgIpc) is 2.17. The molecule has 0 aliphatic heterocycles. The Labute approximate surface area is 89.3 Å². The standard InChI is InChI=1S/C11H16N2O2/c1-7(2)8(3)13-11(15)9-4-10(14)6-12-5-9/h4-8,14H,1-3H3,(H,13,15). The summed E-state index contributed by atoms with van der Waals surface area (Å²) in [7, 11) is 0. The maximum atomic E-state index is 11.6. The zero-order valence-corrected chi connectivity index (χ0v) is 9.19. The lowest BCUT2D eigenvalue weighted by Gasteiger charge is -2.17. The highest BCUT2D eigenvalue weighted by atomic mass is 16.3. The summed E-state index contributed by atoms with van der Waals surface area (Å²) >= 11 is 0. The van der Waals surface area contributed by atoms with Crippen LogP contribution < -0.4 is 5.32 Å².